The lowest BCUT2D eigenvalue weighted by molar-refractivity contribution is 1.18. The average Bonchev–Trinajstić information content (AvgIpc) is 3.67. The topological polar surface area (TPSA) is 8.17 Å². The van der Waals surface area contributed by atoms with E-state index in [2.05, 4.69) is 252 Å². The van der Waals surface area contributed by atoms with Crippen LogP contribution >= 0.6 is 0 Å². The number of nitrogens with zero attached hydrogens (tertiary/aromatic N) is 2. The maximum absolute atomic E-state index is 2.44. The number of aromatic nitrogens is 1. The Labute approximate surface area is 350 Å². The molecule has 2 nitrogen and oxygen atoms in total. The molecule has 0 unspecified atom stereocenters. The second-order valence-electron chi connectivity index (χ2n) is 15.3. The first-order chi connectivity index (χ1) is 29.8. The summed E-state index contributed by atoms with van der Waals surface area (Å²) in [5, 5.41) is 5.01. The Bertz CT molecular complexity index is 3270. The highest BCUT2D eigenvalue weighted by atomic mass is 15.1. The van der Waals surface area contributed by atoms with Gasteiger partial charge in [0.05, 0.1) is 11.0 Å². The van der Waals surface area contributed by atoms with Gasteiger partial charge in [-0.25, -0.2) is 0 Å². The molecule has 60 heavy (non-hydrogen) atoms. The summed E-state index contributed by atoms with van der Waals surface area (Å²) < 4.78 is 2.44. The van der Waals surface area contributed by atoms with Gasteiger partial charge < -0.3 is 9.47 Å². The first kappa shape index (κ1) is 35.2. The van der Waals surface area contributed by atoms with Gasteiger partial charge in [0.1, 0.15) is 0 Å². The smallest absolute Gasteiger partial charge is 0.0619 e. The number of para-hydroxylation sites is 2. The molecule has 0 bridgehead atoms. The second kappa shape index (κ2) is 15.1. The molecular formula is C58H40N2. The molecule has 0 aliphatic carbocycles. The third-order valence-electron chi connectivity index (χ3n) is 11.8. The molecule has 0 fully saturated rings. The first-order valence-corrected chi connectivity index (χ1v) is 20.6. The molecule has 10 aromatic carbocycles. The molecule has 2 heteroatoms. The molecule has 11 aromatic rings. The van der Waals surface area contributed by atoms with E-state index in [4.69, 9.17) is 0 Å². The van der Waals surface area contributed by atoms with Crippen LogP contribution < -0.4 is 4.90 Å². The Hall–Kier alpha value is -7.94. The predicted octanol–water partition coefficient (Wildman–Crippen LogP) is 16.1. The molecular weight excluding hydrogens is 725 g/mol. The molecule has 0 atom stereocenters. The van der Waals surface area contributed by atoms with Crippen LogP contribution in [0.15, 0.2) is 243 Å². The van der Waals surface area contributed by atoms with E-state index in [1.807, 2.05) is 0 Å². The van der Waals surface area contributed by atoms with E-state index in [0.29, 0.717) is 0 Å². The zero-order valence-corrected chi connectivity index (χ0v) is 33.0. The average molecular weight is 765 g/mol. The standard InChI is InChI=1S/C58H40N2/c1-3-14-41(15-4-1)42-28-34-48(35-29-42)59(50-38-32-46(33-39-50)53-24-12-19-44-18-7-8-22-52(44)53)49-36-30-43(31-37-49)47-20-11-21-51(40-47)60-57-27-10-9-23-55(57)56-26-13-25-54(58(56)60)45-16-5-2-6-17-45/h1-40H. The van der Waals surface area contributed by atoms with Crippen molar-refractivity contribution < 1.29 is 0 Å². The lowest BCUT2D eigenvalue weighted by Gasteiger charge is -2.26. The number of anilines is 3. The summed E-state index contributed by atoms with van der Waals surface area (Å²) in [4.78, 5) is 2.35. The van der Waals surface area contributed by atoms with Gasteiger partial charge in [-0.1, -0.05) is 188 Å². The van der Waals surface area contributed by atoms with E-state index in [-0.39, 0.29) is 0 Å². The van der Waals surface area contributed by atoms with Crippen LogP contribution in [0.25, 0.3) is 82.8 Å². The Morgan fingerprint density at radius 1 is 0.283 bits per heavy atom. The molecule has 0 amide bonds. The fourth-order valence-corrected chi connectivity index (χ4v) is 8.91. The summed E-state index contributed by atoms with van der Waals surface area (Å²) in [6.07, 6.45) is 0. The Morgan fingerprint density at radius 3 is 1.43 bits per heavy atom. The third-order valence-corrected chi connectivity index (χ3v) is 11.8. The zero-order chi connectivity index (χ0) is 39.8. The summed E-state index contributed by atoms with van der Waals surface area (Å²) in [6.45, 7) is 0. The quantitative estimate of drug-likeness (QED) is 0.150. The summed E-state index contributed by atoms with van der Waals surface area (Å²) >= 11 is 0. The van der Waals surface area contributed by atoms with Gasteiger partial charge in [0.15, 0.2) is 0 Å². The number of hydrogen-bond acceptors (Lipinski definition) is 1. The number of fused-ring (bicyclic) bond motifs is 4. The van der Waals surface area contributed by atoms with Crippen molar-refractivity contribution in [3.8, 4) is 50.2 Å². The molecule has 1 aromatic heterocycles. The molecule has 0 aliphatic rings. The van der Waals surface area contributed by atoms with Gasteiger partial charge in [-0.2, -0.15) is 0 Å². The van der Waals surface area contributed by atoms with Crippen molar-refractivity contribution in [2.24, 2.45) is 0 Å². The van der Waals surface area contributed by atoms with Crippen molar-refractivity contribution in [1.82, 2.24) is 4.57 Å². The van der Waals surface area contributed by atoms with Gasteiger partial charge in [0.25, 0.3) is 0 Å². The van der Waals surface area contributed by atoms with Gasteiger partial charge in [-0.05, 0) is 104 Å². The molecule has 282 valence electrons. The van der Waals surface area contributed by atoms with Gasteiger partial charge in [-0.3, -0.25) is 0 Å². The minimum absolute atomic E-state index is 1.09. The number of hydrogen-bond donors (Lipinski definition) is 0. The molecule has 0 aliphatic heterocycles. The maximum atomic E-state index is 2.44. The molecule has 0 N–H and O–H groups in total. The minimum Gasteiger partial charge on any atom is -0.311 e. The minimum atomic E-state index is 1.09. The van der Waals surface area contributed by atoms with Gasteiger partial charge in [-0.15, -0.1) is 0 Å². The molecule has 0 saturated carbocycles. The Balaban J connectivity index is 0.986. The first-order valence-electron chi connectivity index (χ1n) is 20.6. The predicted molar refractivity (Wildman–Crippen MR) is 255 cm³/mol. The second-order valence-corrected chi connectivity index (χ2v) is 15.3. The van der Waals surface area contributed by atoms with Crippen LogP contribution in [0.5, 0.6) is 0 Å². The van der Waals surface area contributed by atoms with Crippen molar-refractivity contribution in [1.29, 1.82) is 0 Å². The van der Waals surface area contributed by atoms with Crippen molar-refractivity contribution in [2.45, 2.75) is 0 Å². The molecule has 11 rings (SSSR count). The monoisotopic (exact) mass is 764 g/mol. The molecule has 1 heterocycles. The van der Waals surface area contributed by atoms with Gasteiger partial charge >= 0.3 is 0 Å². The van der Waals surface area contributed by atoms with Crippen LogP contribution in [0, 0.1) is 0 Å². The maximum Gasteiger partial charge on any atom is 0.0619 e. The Kier molecular flexibility index (Phi) is 8.87. The summed E-state index contributed by atoms with van der Waals surface area (Å²) in [5.74, 6) is 0. The molecule has 0 saturated heterocycles. The lowest BCUT2D eigenvalue weighted by Crippen LogP contribution is -2.09. The molecule has 0 spiro atoms. The zero-order valence-electron chi connectivity index (χ0n) is 33.0. The fraction of sp³-hybridized carbons (Fsp3) is 0. The lowest BCUT2D eigenvalue weighted by atomic mass is 9.98. The van der Waals surface area contributed by atoms with Crippen molar-refractivity contribution in [3.05, 3.63) is 243 Å². The van der Waals surface area contributed by atoms with Crippen LogP contribution in [0.3, 0.4) is 0 Å². The molecule has 0 radical (unpaired) electrons. The number of rotatable bonds is 8. The van der Waals surface area contributed by atoms with E-state index >= 15 is 0 Å². The highest BCUT2D eigenvalue weighted by Gasteiger charge is 2.18. The third kappa shape index (κ3) is 6.32. The van der Waals surface area contributed by atoms with Crippen LogP contribution in [0.1, 0.15) is 0 Å². The van der Waals surface area contributed by atoms with E-state index in [0.717, 1.165) is 28.3 Å². The van der Waals surface area contributed by atoms with E-state index in [1.165, 1.54) is 71.5 Å². The summed E-state index contributed by atoms with van der Waals surface area (Å²) in [7, 11) is 0. The highest BCUT2D eigenvalue weighted by Crippen LogP contribution is 2.41. The largest absolute Gasteiger partial charge is 0.311 e. The van der Waals surface area contributed by atoms with E-state index < -0.39 is 0 Å². The SMILES string of the molecule is c1ccc(-c2ccc(N(c3ccc(-c4cccc(-n5c6ccccc6c6cccc(-c7ccccc7)c65)c4)cc3)c3ccc(-c4cccc5ccccc45)cc3)cc2)cc1. The van der Waals surface area contributed by atoms with Crippen LogP contribution in [0.4, 0.5) is 17.1 Å². The highest BCUT2D eigenvalue weighted by molar-refractivity contribution is 6.13. The van der Waals surface area contributed by atoms with Crippen LogP contribution in [-0.2, 0) is 0 Å². The fourth-order valence-electron chi connectivity index (χ4n) is 8.91. The van der Waals surface area contributed by atoms with Crippen molar-refractivity contribution in [3.63, 3.8) is 0 Å². The van der Waals surface area contributed by atoms with Crippen molar-refractivity contribution >= 4 is 49.6 Å². The Morgan fingerprint density at radius 2 is 0.733 bits per heavy atom. The summed E-state index contributed by atoms with van der Waals surface area (Å²) in [5.41, 5.74) is 16.4. The van der Waals surface area contributed by atoms with Gasteiger partial charge in [0.2, 0.25) is 0 Å². The van der Waals surface area contributed by atoms with Crippen LogP contribution in [0.2, 0.25) is 0 Å². The van der Waals surface area contributed by atoms with E-state index in [1.54, 1.807) is 0 Å². The van der Waals surface area contributed by atoms with Crippen LogP contribution in [-0.4, -0.2) is 4.57 Å². The van der Waals surface area contributed by atoms with Crippen molar-refractivity contribution in [2.75, 3.05) is 4.90 Å². The van der Waals surface area contributed by atoms with E-state index in [9.17, 15) is 0 Å². The number of benzene rings is 10. The normalized spacial score (nSPS) is 11.3. The van der Waals surface area contributed by atoms with Gasteiger partial charge in [0, 0.05) is 39.1 Å². The summed E-state index contributed by atoms with van der Waals surface area (Å²) in [6, 6.07) is 87.8.